The molecule has 3 rings (SSSR count). The van der Waals surface area contributed by atoms with Crippen molar-refractivity contribution in [1.82, 2.24) is 0 Å². The van der Waals surface area contributed by atoms with E-state index in [0.29, 0.717) is 11.8 Å². The molecule has 0 spiro atoms. The van der Waals surface area contributed by atoms with Gasteiger partial charge in [0.2, 0.25) is 0 Å². The average Bonchev–Trinajstić information content (AvgIpc) is 2.56. The van der Waals surface area contributed by atoms with Crippen molar-refractivity contribution in [1.29, 1.82) is 0 Å². The molecule has 0 heterocycles. The van der Waals surface area contributed by atoms with Crippen LogP contribution in [0.5, 0.6) is 5.75 Å². The molecule has 3 heteroatoms. The van der Waals surface area contributed by atoms with Crippen LogP contribution >= 0.6 is 0 Å². The highest BCUT2D eigenvalue weighted by atomic mass is 16.4. The van der Waals surface area contributed by atoms with E-state index in [2.05, 4.69) is 24.3 Å². The van der Waals surface area contributed by atoms with Crippen molar-refractivity contribution >= 4 is 5.97 Å². The number of carboxylic acid groups (broad SMARTS) is 1. The Balaban J connectivity index is 1.73. The number of carbonyl (C=O) groups is 1. The highest BCUT2D eigenvalue weighted by Gasteiger charge is 2.24. The van der Waals surface area contributed by atoms with Crippen LogP contribution in [0, 0.1) is 5.92 Å². The fourth-order valence-corrected chi connectivity index (χ4v) is 3.71. The average molecular weight is 310 g/mol. The van der Waals surface area contributed by atoms with Crippen molar-refractivity contribution in [2.75, 3.05) is 0 Å². The van der Waals surface area contributed by atoms with E-state index < -0.39 is 5.97 Å². The summed E-state index contributed by atoms with van der Waals surface area (Å²) in [7, 11) is 0. The lowest BCUT2D eigenvalue weighted by atomic mass is 9.75. The zero-order valence-electron chi connectivity index (χ0n) is 13.1. The standard InChI is InChI=1S/C20H22O3/c21-19-10-9-17(13-18(19)20(22)23)16-8-4-7-15(12-16)11-14-5-2-1-3-6-14/h1-3,5-6,9-10,13,15-16,21H,4,7-8,11-12H2,(H,22,23). The van der Waals surface area contributed by atoms with Crippen LogP contribution in [0.3, 0.4) is 0 Å². The molecule has 1 aliphatic carbocycles. The van der Waals surface area contributed by atoms with Crippen LogP contribution < -0.4 is 0 Å². The van der Waals surface area contributed by atoms with Gasteiger partial charge in [-0.2, -0.15) is 0 Å². The van der Waals surface area contributed by atoms with Gasteiger partial charge in [-0.15, -0.1) is 0 Å². The molecule has 0 saturated heterocycles. The largest absolute Gasteiger partial charge is 0.507 e. The van der Waals surface area contributed by atoms with Crippen LogP contribution in [0.4, 0.5) is 0 Å². The van der Waals surface area contributed by atoms with Gasteiger partial charge < -0.3 is 10.2 Å². The van der Waals surface area contributed by atoms with Crippen LogP contribution in [-0.2, 0) is 6.42 Å². The molecule has 0 amide bonds. The van der Waals surface area contributed by atoms with E-state index in [1.165, 1.54) is 24.5 Å². The summed E-state index contributed by atoms with van der Waals surface area (Å²) in [5.74, 6) is -0.201. The SMILES string of the molecule is O=C(O)c1cc(C2CCCC(Cc3ccccc3)C2)ccc1O. The van der Waals surface area contributed by atoms with Crippen LogP contribution in [0.25, 0.3) is 0 Å². The maximum Gasteiger partial charge on any atom is 0.339 e. The summed E-state index contributed by atoms with van der Waals surface area (Å²) in [6, 6.07) is 15.6. The van der Waals surface area contributed by atoms with E-state index in [1.807, 2.05) is 12.1 Å². The van der Waals surface area contributed by atoms with Crippen molar-refractivity contribution in [3.8, 4) is 5.75 Å². The van der Waals surface area contributed by atoms with Gasteiger partial charge in [-0.1, -0.05) is 49.2 Å². The lowest BCUT2D eigenvalue weighted by molar-refractivity contribution is 0.0693. The smallest absolute Gasteiger partial charge is 0.339 e. The van der Waals surface area contributed by atoms with Crippen LogP contribution in [0.2, 0.25) is 0 Å². The molecular formula is C20H22O3. The fourth-order valence-electron chi connectivity index (χ4n) is 3.71. The molecule has 2 unspecified atom stereocenters. The molecule has 0 bridgehead atoms. The van der Waals surface area contributed by atoms with Crippen LogP contribution in [0.1, 0.15) is 53.1 Å². The molecule has 23 heavy (non-hydrogen) atoms. The normalized spacial score (nSPS) is 21.0. The third-order valence-corrected chi connectivity index (χ3v) is 4.87. The minimum atomic E-state index is -1.07. The molecule has 2 aromatic carbocycles. The van der Waals surface area contributed by atoms with E-state index in [-0.39, 0.29) is 11.3 Å². The fraction of sp³-hybridized carbons (Fsp3) is 0.350. The summed E-state index contributed by atoms with van der Waals surface area (Å²) in [5.41, 5.74) is 2.42. The Hall–Kier alpha value is -2.29. The molecule has 0 aliphatic heterocycles. The molecule has 1 aliphatic rings. The lowest BCUT2D eigenvalue weighted by Gasteiger charge is -2.30. The van der Waals surface area contributed by atoms with Crippen molar-refractivity contribution in [3.63, 3.8) is 0 Å². The van der Waals surface area contributed by atoms with Crippen LogP contribution in [-0.4, -0.2) is 16.2 Å². The van der Waals surface area contributed by atoms with Gasteiger partial charge in [-0.05, 0) is 54.4 Å². The van der Waals surface area contributed by atoms with E-state index >= 15 is 0 Å². The first-order chi connectivity index (χ1) is 11.1. The Bertz CT molecular complexity index is 679. The first-order valence-corrected chi connectivity index (χ1v) is 8.23. The zero-order valence-corrected chi connectivity index (χ0v) is 13.1. The number of hydrogen-bond acceptors (Lipinski definition) is 2. The molecule has 0 radical (unpaired) electrons. The molecule has 120 valence electrons. The number of carboxylic acids is 1. The van der Waals surface area contributed by atoms with E-state index in [9.17, 15) is 15.0 Å². The first-order valence-electron chi connectivity index (χ1n) is 8.23. The highest BCUT2D eigenvalue weighted by molar-refractivity contribution is 5.90. The molecule has 2 atom stereocenters. The van der Waals surface area contributed by atoms with Gasteiger partial charge >= 0.3 is 5.97 Å². The molecular weight excluding hydrogens is 288 g/mol. The molecule has 1 saturated carbocycles. The predicted octanol–water partition coefficient (Wildman–Crippen LogP) is 4.61. The Kier molecular flexibility index (Phi) is 4.65. The number of benzene rings is 2. The van der Waals surface area contributed by atoms with Crippen molar-refractivity contribution in [3.05, 3.63) is 65.2 Å². The molecule has 1 fully saturated rings. The van der Waals surface area contributed by atoms with E-state index in [1.54, 1.807) is 6.07 Å². The minimum Gasteiger partial charge on any atom is -0.507 e. The van der Waals surface area contributed by atoms with E-state index in [4.69, 9.17) is 0 Å². The number of aromatic carboxylic acids is 1. The number of aromatic hydroxyl groups is 1. The lowest BCUT2D eigenvalue weighted by Crippen LogP contribution is -2.16. The van der Waals surface area contributed by atoms with Gasteiger partial charge in [-0.25, -0.2) is 4.79 Å². The second-order valence-electron chi connectivity index (χ2n) is 6.50. The Labute approximate surface area is 136 Å². The maximum atomic E-state index is 11.2. The number of phenols is 1. The van der Waals surface area contributed by atoms with E-state index in [0.717, 1.165) is 24.8 Å². The highest BCUT2D eigenvalue weighted by Crippen LogP contribution is 2.38. The number of hydrogen-bond donors (Lipinski definition) is 2. The minimum absolute atomic E-state index is 0.00711. The summed E-state index contributed by atoms with van der Waals surface area (Å²) in [5, 5.41) is 18.8. The van der Waals surface area contributed by atoms with Gasteiger partial charge in [0.1, 0.15) is 11.3 Å². The predicted molar refractivity (Wildman–Crippen MR) is 89.9 cm³/mol. The summed E-state index contributed by atoms with van der Waals surface area (Å²) in [6.07, 6.45) is 5.66. The Morgan fingerprint density at radius 3 is 2.61 bits per heavy atom. The van der Waals surface area contributed by atoms with Crippen molar-refractivity contribution in [2.24, 2.45) is 5.92 Å². The van der Waals surface area contributed by atoms with Gasteiger partial charge in [0, 0.05) is 0 Å². The maximum absolute atomic E-state index is 11.2. The molecule has 2 aromatic rings. The summed E-state index contributed by atoms with van der Waals surface area (Å²) in [4.78, 5) is 11.2. The zero-order chi connectivity index (χ0) is 16.2. The molecule has 2 N–H and O–H groups in total. The van der Waals surface area contributed by atoms with Gasteiger partial charge in [0.15, 0.2) is 0 Å². The summed E-state index contributed by atoms with van der Waals surface area (Å²) in [6.45, 7) is 0. The number of rotatable bonds is 4. The van der Waals surface area contributed by atoms with Gasteiger partial charge in [-0.3, -0.25) is 0 Å². The topological polar surface area (TPSA) is 57.5 Å². The van der Waals surface area contributed by atoms with Gasteiger partial charge in [0.25, 0.3) is 0 Å². The Morgan fingerprint density at radius 1 is 1.09 bits per heavy atom. The van der Waals surface area contributed by atoms with Crippen molar-refractivity contribution in [2.45, 2.75) is 38.0 Å². The third kappa shape index (κ3) is 3.73. The molecule has 0 aromatic heterocycles. The van der Waals surface area contributed by atoms with Crippen LogP contribution in [0.15, 0.2) is 48.5 Å². The second-order valence-corrected chi connectivity index (χ2v) is 6.50. The quantitative estimate of drug-likeness (QED) is 0.867. The molecule has 3 nitrogen and oxygen atoms in total. The summed E-state index contributed by atoms with van der Waals surface area (Å²) >= 11 is 0. The van der Waals surface area contributed by atoms with Crippen molar-refractivity contribution < 1.29 is 15.0 Å². The monoisotopic (exact) mass is 310 g/mol. The summed E-state index contributed by atoms with van der Waals surface area (Å²) < 4.78 is 0. The third-order valence-electron chi connectivity index (χ3n) is 4.87. The first kappa shape index (κ1) is 15.6. The Morgan fingerprint density at radius 2 is 1.87 bits per heavy atom. The van der Waals surface area contributed by atoms with Gasteiger partial charge in [0.05, 0.1) is 0 Å². The second kappa shape index (κ2) is 6.86.